The Morgan fingerprint density at radius 2 is 1.88 bits per heavy atom. The van der Waals surface area contributed by atoms with Crippen LogP contribution in [0.1, 0.15) is 41.9 Å². The van der Waals surface area contributed by atoms with Crippen LogP contribution in [0.15, 0.2) is 35.1 Å². The van der Waals surface area contributed by atoms with Gasteiger partial charge in [0.2, 0.25) is 0 Å². The first-order valence-corrected chi connectivity index (χ1v) is 9.23. The molecule has 0 spiro atoms. The van der Waals surface area contributed by atoms with Crippen LogP contribution in [0.2, 0.25) is 0 Å². The molecule has 2 aliphatic heterocycles. The number of nitrogens with zero attached hydrogens (tertiary/aromatic N) is 4. The summed E-state index contributed by atoms with van der Waals surface area (Å²) in [4.78, 5) is 31.5. The lowest BCUT2D eigenvalue weighted by Crippen LogP contribution is -2.50. The number of H-pyrrole nitrogens is 1. The van der Waals surface area contributed by atoms with Gasteiger partial charge in [-0.3, -0.25) is 14.7 Å². The summed E-state index contributed by atoms with van der Waals surface area (Å²) in [7, 11) is 3.58. The number of hydrogen-bond donors (Lipinski definition) is 1. The summed E-state index contributed by atoms with van der Waals surface area (Å²) in [5.74, 6) is 0.819. The van der Waals surface area contributed by atoms with Crippen LogP contribution in [0.25, 0.3) is 0 Å². The maximum absolute atomic E-state index is 12.8. The average molecular weight is 355 g/mol. The molecule has 138 valence electrons. The summed E-state index contributed by atoms with van der Waals surface area (Å²) in [6, 6.07) is 10.6. The summed E-state index contributed by atoms with van der Waals surface area (Å²) in [6.07, 6.45) is 4.24. The van der Waals surface area contributed by atoms with E-state index in [1.165, 1.54) is 4.68 Å². The van der Waals surface area contributed by atoms with Crippen LogP contribution in [0, 0.1) is 0 Å². The number of aromatic nitrogens is 3. The molecular formula is C19H25N5O2. The van der Waals surface area contributed by atoms with Crippen LogP contribution in [0.4, 0.5) is 0 Å². The largest absolute Gasteiger partial charge is 0.343 e. The lowest BCUT2D eigenvalue weighted by Gasteiger charge is -2.41. The van der Waals surface area contributed by atoms with Crippen molar-refractivity contribution in [1.82, 2.24) is 24.6 Å². The normalized spacial score (nSPS) is 25.4. The number of aromatic amines is 1. The van der Waals surface area contributed by atoms with Crippen molar-refractivity contribution >= 4 is 5.91 Å². The lowest BCUT2D eigenvalue weighted by molar-refractivity contribution is 0.0469. The van der Waals surface area contributed by atoms with Crippen LogP contribution in [-0.4, -0.2) is 55.6 Å². The molecule has 7 heteroatoms. The van der Waals surface area contributed by atoms with E-state index in [4.69, 9.17) is 0 Å². The first-order valence-electron chi connectivity index (χ1n) is 9.23. The van der Waals surface area contributed by atoms with E-state index in [2.05, 4.69) is 15.0 Å². The van der Waals surface area contributed by atoms with Crippen molar-refractivity contribution in [2.75, 3.05) is 7.05 Å². The second-order valence-corrected chi connectivity index (χ2v) is 7.47. The summed E-state index contributed by atoms with van der Waals surface area (Å²) in [5, 5.41) is 4.27. The number of rotatable bonds is 4. The zero-order valence-electron chi connectivity index (χ0n) is 15.3. The van der Waals surface area contributed by atoms with Crippen molar-refractivity contribution < 1.29 is 4.79 Å². The van der Waals surface area contributed by atoms with E-state index in [0.717, 1.165) is 37.1 Å². The molecule has 2 fully saturated rings. The topological polar surface area (TPSA) is 74.2 Å². The average Bonchev–Trinajstić information content (AvgIpc) is 3.08. The molecule has 1 amide bonds. The molecule has 2 bridgehead atoms. The predicted octanol–water partition coefficient (Wildman–Crippen LogP) is 1.38. The SMILES string of the molecule is CN(C(=O)c1ccccc1)C1CC2CCC(C1)N2Cc1nn(C)c(=O)[nH]1. The van der Waals surface area contributed by atoms with Crippen LogP contribution in [-0.2, 0) is 13.6 Å². The third-order valence-corrected chi connectivity index (χ3v) is 5.90. The molecule has 3 heterocycles. The maximum atomic E-state index is 12.8. The van der Waals surface area contributed by atoms with E-state index in [1.54, 1.807) is 7.05 Å². The van der Waals surface area contributed by atoms with Gasteiger partial charge in [-0.15, -0.1) is 0 Å². The summed E-state index contributed by atoms with van der Waals surface area (Å²) in [6.45, 7) is 0.675. The van der Waals surface area contributed by atoms with E-state index in [0.29, 0.717) is 18.6 Å². The second-order valence-electron chi connectivity index (χ2n) is 7.47. The van der Waals surface area contributed by atoms with Gasteiger partial charge in [0.05, 0.1) is 6.54 Å². The van der Waals surface area contributed by atoms with Crippen LogP contribution in [0.5, 0.6) is 0 Å². The Morgan fingerprint density at radius 3 is 2.46 bits per heavy atom. The van der Waals surface area contributed by atoms with E-state index in [1.807, 2.05) is 42.3 Å². The van der Waals surface area contributed by atoms with Crippen molar-refractivity contribution in [3.63, 3.8) is 0 Å². The fourth-order valence-corrected chi connectivity index (χ4v) is 4.47. The van der Waals surface area contributed by atoms with Gasteiger partial charge >= 0.3 is 5.69 Å². The minimum Gasteiger partial charge on any atom is -0.339 e. The molecule has 2 aromatic rings. The first-order chi connectivity index (χ1) is 12.5. The van der Waals surface area contributed by atoms with E-state index < -0.39 is 0 Å². The molecule has 26 heavy (non-hydrogen) atoms. The fraction of sp³-hybridized carbons (Fsp3) is 0.526. The van der Waals surface area contributed by atoms with Crippen LogP contribution in [0.3, 0.4) is 0 Å². The van der Waals surface area contributed by atoms with Crippen molar-refractivity contribution in [3.05, 3.63) is 52.2 Å². The number of benzene rings is 1. The molecule has 7 nitrogen and oxygen atoms in total. The summed E-state index contributed by atoms with van der Waals surface area (Å²) < 4.78 is 1.34. The molecule has 1 N–H and O–H groups in total. The Hall–Kier alpha value is -2.41. The molecule has 2 unspecified atom stereocenters. The molecule has 1 aromatic carbocycles. The van der Waals surface area contributed by atoms with Gasteiger partial charge < -0.3 is 4.90 Å². The van der Waals surface area contributed by atoms with Gasteiger partial charge in [-0.25, -0.2) is 9.48 Å². The zero-order valence-corrected chi connectivity index (χ0v) is 15.3. The summed E-state index contributed by atoms with van der Waals surface area (Å²) >= 11 is 0. The molecule has 0 saturated carbocycles. The number of carbonyl (C=O) groups excluding carboxylic acids is 1. The van der Waals surface area contributed by atoms with Gasteiger partial charge in [0.25, 0.3) is 5.91 Å². The van der Waals surface area contributed by atoms with Crippen molar-refractivity contribution in [2.45, 2.75) is 50.4 Å². The Bertz CT molecular complexity index is 829. The Kier molecular flexibility index (Phi) is 4.40. The lowest BCUT2D eigenvalue weighted by atomic mass is 9.95. The third kappa shape index (κ3) is 3.07. The van der Waals surface area contributed by atoms with Crippen molar-refractivity contribution in [1.29, 1.82) is 0 Å². The predicted molar refractivity (Wildman–Crippen MR) is 97.7 cm³/mol. The number of carbonyl (C=O) groups is 1. The zero-order chi connectivity index (χ0) is 18.3. The number of amides is 1. The van der Waals surface area contributed by atoms with E-state index >= 15 is 0 Å². The van der Waals surface area contributed by atoms with E-state index in [9.17, 15) is 9.59 Å². The van der Waals surface area contributed by atoms with Crippen LogP contribution >= 0.6 is 0 Å². The highest BCUT2D eigenvalue weighted by atomic mass is 16.2. The number of aryl methyl sites for hydroxylation is 1. The molecule has 2 atom stereocenters. The van der Waals surface area contributed by atoms with Gasteiger partial charge in [-0.1, -0.05) is 18.2 Å². The molecule has 2 aliphatic rings. The number of fused-ring (bicyclic) bond motifs is 2. The fourth-order valence-electron chi connectivity index (χ4n) is 4.47. The standard InChI is InChI=1S/C19H25N5O2/c1-22(18(25)13-6-4-3-5-7-13)16-10-14-8-9-15(11-16)24(14)12-17-20-19(26)23(2)21-17/h3-7,14-16H,8-12H2,1-2H3,(H,20,21,26). The maximum Gasteiger partial charge on any atom is 0.343 e. The number of hydrogen-bond acceptors (Lipinski definition) is 4. The second kappa shape index (κ2) is 6.72. The van der Waals surface area contributed by atoms with E-state index in [-0.39, 0.29) is 17.6 Å². The first kappa shape index (κ1) is 17.0. The van der Waals surface area contributed by atoms with Crippen molar-refractivity contribution in [2.24, 2.45) is 7.05 Å². The molecule has 0 aliphatic carbocycles. The quantitative estimate of drug-likeness (QED) is 0.899. The Labute approximate surface area is 152 Å². The van der Waals surface area contributed by atoms with Gasteiger partial charge in [0.15, 0.2) is 0 Å². The molecule has 1 aromatic heterocycles. The molecule has 2 saturated heterocycles. The van der Waals surface area contributed by atoms with Gasteiger partial charge in [0.1, 0.15) is 5.82 Å². The summed E-state index contributed by atoms with van der Waals surface area (Å²) in [5.41, 5.74) is 0.575. The highest BCUT2D eigenvalue weighted by molar-refractivity contribution is 5.94. The molecule has 4 rings (SSSR count). The monoisotopic (exact) mass is 355 g/mol. The highest BCUT2D eigenvalue weighted by Crippen LogP contribution is 2.38. The minimum absolute atomic E-state index is 0.0949. The molecule has 0 radical (unpaired) electrons. The number of nitrogens with one attached hydrogen (secondary N) is 1. The van der Waals surface area contributed by atoms with Gasteiger partial charge in [-0.05, 0) is 37.8 Å². The van der Waals surface area contributed by atoms with Gasteiger partial charge in [0, 0.05) is 37.8 Å². The highest BCUT2D eigenvalue weighted by Gasteiger charge is 2.42. The van der Waals surface area contributed by atoms with Crippen molar-refractivity contribution in [3.8, 4) is 0 Å². The minimum atomic E-state index is -0.171. The Balaban J connectivity index is 1.44. The molecular weight excluding hydrogens is 330 g/mol. The van der Waals surface area contributed by atoms with Crippen LogP contribution < -0.4 is 5.69 Å². The smallest absolute Gasteiger partial charge is 0.339 e. The number of piperidine rings is 1. The third-order valence-electron chi connectivity index (χ3n) is 5.90. The van der Waals surface area contributed by atoms with Gasteiger partial charge in [-0.2, -0.15) is 5.10 Å². The Morgan fingerprint density at radius 1 is 1.23 bits per heavy atom.